The van der Waals surface area contributed by atoms with Gasteiger partial charge >= 0.3 is 0 Å². The van der Waals surface area contributed by atoms with Crippen LogP contribution in [-0.2, 0) is 0 Å². The number of hydrogen-bond donors (Lipinski definition) is 1. The summed E-state index contributed by atoms with van der Waals surface area (Å²) in [5, 5.41) is 0. The molecular formula is C12H22N2O. The monoisotopic (exact) mass is 210 g/mol. The van der Waals surface area contributed by atoms with Crippen LogP contribution in [0.3, 0.4) is 0 Å². The maximum atomic E-state index is 5.54. The number of nitrogens with zero attached hydrogens (tertiary/aromatic N) is 1. The smallest absolute Gasteiger partial charge is 0.105 e. The first-order valence-corrected chi connectivity index (χ1v) is 5.53. The van der Waals surface area contributed by atoms with Crippen molar-refractivity contribution in [3.63, 3.8) is 0 Å². The molecule has 0 saturated carbocycles. The van der Waals surface area contributed by atoms with Crippen molar-refractivity contribution in [3.05, 3.63) is 23.2 Å². The molecule has 0 fully saturated rings. The molecule has 3 nitrogen and oxygen atoms in total. The van der Waals surface area contributed by atoms with Crippen LogP contribution in [0.4, 0.5) is 0 Å². The van der Waals surface area contributed by atoms with Gasteiger partial charge in [-0.1, -0.05) is 0 Å². The Hall–Kier alpha value is -0.800. The van der Waals surface area contributed by atoms with Crippen LogP contribution in [0.5, 0.6) is 0 Å². The van der Waals surface area contributed by atoms with Gasteiger partial charge in [-0.2, -0.15) is 0 Å². The second-order valence-electron chi connectivity index (χ2n) is 4.17. The van der Waals surface area contributed by atoms with Gasteiger partial charge in [-0.15, -0.1) is 0 Å². The summed E-state index contributed by atoms with van der Waals surface area (Å²) in [6.07, 6.45) is 1.04. The standard InChI is InChI=1S/C12H22N2O/c1-9-8-12(11(3)15-9)10(2)14(4)7-5-6-13/h8,10H,5-7,13H2,1-4H3. The summed E-state index contributed by atoms with van der Waals surface area (Å²) in [6, 6.07) is 2.52. The van der Waals surface area contributed by atoms with Crippen molar-refractivity contribution in [1.82, 2.24) is 4.90 Å². The van der Waals surface area contributed by atoms with E-state index in [9.17, 15) is 0 Å². The van der Waals surface area contributed by atoms with Gasteiger partial charge in [0.1, 0.15) is 11.5 Å². The van der Waals surface area contributed by atoms with Crippen molar-refractivity contribution in [2.75, 3.05) is 20.1 Å². The molecule has 0 bridgehead atoms. The maximum Gasteiger partial charge on any atom is 0.105 e. The van der Waals surface area contributed by atoms with E-state index in [1.54, 1.807) is 0 Å². The predicted octanol–water partition coefficient (Wildman–Crippen LogP) is 2.24. The zero-order chi connectivity index (χ0) is 11.4. The third kappa shape index (κ3) is 3.08. The zero-order valence-corrected chi connectivity index (χ0v) is 10.2. The fraction of sp³-hybridized carbons (Fsp3) is 0.667. The zero-order valence-electron chi connectivity index (χ0n) is 10.2. The van der Waals surface area contributed by atoms with E-state index < -0.39 is 0 Å². The molecule has 3 heteroatoms. The maximum absolute atomic E-state index is 5.54. The summed E-state index contributed by atoms with van der Waals surface area (Å²) >= 11 is 0. The van der Waals surface area contributed by atoms with E-state index in [4.69, 9.17) is 10.2 Å². The Bertz CT molecular complexity index is 307. The molecule has 0 aliphatic heterocycles. The van der Waals surface area contributed by atoms with Crippen LogP contribution in [0.25, 0.3) is 0 Å². The number of nitrogens with two attached hydrogens (primary N) is 1. The second-order valence-corrected chi connectivity index (χ2v) is 4.17. The number of furan rings is 1. The van der Waals surface area contributed by atoms with Gasteiger partial charge in [-0.25, -0.2) is 0 Å². The highest BCUT2D eigenvalue weighted by Crippen LogP contribution is 2.25. The van der Waals surface area contributed by atoms with Crippen LogP contribution in [0.2, 0.25) is 0 Å². The lowest BCUT2D eigenvalue weighted by Gasteiger charge is -2.24. The Labute approximate surface area is 92.2 Å². The molecule has 0 aliphatic carbocycles. The quantitative estimate of drug-likeness (QED) is 0.810. The van der Waals surface area contributed by atoms with Crippen molar-refractivity contribution >= 4 is 0 Å². The first-order valence-electron chi connectivity index (χ1n) is 5.53. The predicted molar refractivity (Wildman–Crippen MR) is 62.9 cm³/mol. The number of rotatable bonds is 5. The molecule has 0 aromatic carbocycles. The van der Waals surface area contributed by atoms with Gasteiger partial charge < -0.3 is 10.2 Å². The highest BCUT2D eigenvalue weighted by Gasteiger charge is 2.16. The van der Waals surface area contributed by atoms with Crippen LogP contribution in [0.1, 0.15) is 36.5 Å². The summed E-state index contributed by atoms with van der Waals surface area (Å²) in [5.41, 5.74) is 6.79. The van der Waals surface area contributed by atoms with Gasteiger partial charge in [-0.05, 0) is 53.4 Å². The lowest BCUT2D eigenvalue weighted by atomic mass is 10.1. The van der Waals surface area contributed by atoms with Gasteiger partial charge in [0.25, 0.3) is 0 Å². The minimum atomic E-state index is 0.397. The molecule has 1 atom stereocenters. The van der Waals surface area contributed by atoms with E-state index in [0.717, 1.165) is 31.0 Å². The van der Waals surface area contributed by atoms with E-state index >= 15 is 0 Å². The molecule has 86 valence electrons. The minimum Gasteiger partial charge on any atom is -0.466 e. The average molecular weight is 210 g/mol. The summed E-state index contributed by atoms with van der Waals surface area (Å²) < 4.78 is 5.54. The molecule has 2 N–H and O–H groups in total. The van der Waals surface area contributed by atoms with Crippen molar-refractivity contribution in [2.45, 2.75) is 33.2 Å². The molecule has 1 aromatic heterocycles. The third-order valence-corrected chi connectivity index (χ3v) is 2.91. The Morgan fingerprint density at radius 2 is 2.13 bits per heavy atom. The summed E-state index contributed by atoms with van der Waals surface area (Å²) in [4.78, 5) is 2.31. The molecule has 0 spiro atoms. The first kappa shape index (κ1) is 12.3. The van der Waals surface area contributed by atoms with Gasteiger partial charge in [0.2, 0.25) is 0 Å². The van der Waals surface area contributed by atoms with Gasteiger partial charge in [0, 0.05) is 11.6 Å². The second kappa shape index (κ2) is 5.33. The fourth-order valence-electron chi connectivity index (χ4n) is 1.84. The molecule has 1 unspecified atom stereocenters. The molecule has 1 aromatic rings. The van der Waals surface area contributed by atoms with Crippen molar-refractivity contribution in [1.29, 1.82) is 0 Å². The average Bonchev–Trinajstić information content (AvgIpc) is 2.53. The van der Waals surface area contributed by atoms with E-state index in [2.05, 4.69) is 24.9 Å². The molecule has 0 saturated heterocycles. The Balaban J connectivity index is 2.66. The Morgan fingerprint density at radius 3 is 2.60 bits per heavy atom. The summed E-state index contributed by atoms with van der Waals surface area (Å²) in [5.74, 6) is 2.01. The van der Waals surface area contributed by atoms with Gasteiger partial charge in [0.15, 0.2) is 0 Å². The van der Waals surface area contributed by atoms with Gasteiger partial charge in [0.05, 0.1) is 0 Å². The Morgan fingerprint density at radius 1 is 1.47 bits per heavy atom. The Kier molecular flexibility index (Phi) is 4.36. The van der Waals surface area contributed by atoms with Crippen molar-refractivity contribution < 1.29 is 4.42 Å². The van der Waals surface area contributed by atoms with E-state index in [1.165, 1.54) is 5.56 Å². The fourth-order valence-corrected chi connectivity index (χ4v) is 1.84. The first-order chi connectivity index (χ1) is 7.06. The van der Waals surface area contributed by atoms with Gasteiger partial charge in [-0.3, -0.25) is 4.90 Å². The largest absolute Gasteiger partial charge is 0.466 e. The van der Waals surface area contributed by atoms with Crippen LogP contribution in [0, 0.1) is 13.8 Å². The summed E-state index contributed by atoms with van der Waals surface area (Å²) in [7, 11) is 2.13. The lowest BCUT2D eigenvalue weighted by molar-refractivity contribution is 0.257. The van der Waals surface area contributed by atoms with Crippen LogP contribution in [-0.4, -0.2) is 25.0 Å². The molecule has 0 radical (unpaired) electrons. The van der Waals surface area contributed by atoms with E-state index in [1.807, 2.05) is 13.8 Å². The lowest BCUT2D eigenvalue weighted by Crippen LogP contribution is -2.25. The topological polar surface area (TPSA) is 42.4 Å². The van der Waals surface area contributed by atoms with Crippen molar-refractivity contribution in [3.8, 4) is 0 Å². The molecule has 1 heterocycles. The highest BCUT2D eigenvalue weighted by atomic mass is 16.3. The molecule has 0 amide bonds. The van der Waals surface area contributed by atoms with Crippen LogP contribution >= 0.6 is 0 Å². The molecule has 0 aliphatic rings. The molecule has 15 heavy (non-hydrogen) atoms. The number of aryl methyl sites for hydroxylation is 2. The highest BCUT2D eigenvalue weighted by molar-refractivity contribution is 5.23. The van der Waals surface area contributed by atoms with Crippen LogP contribution < -0.4 is 5.73 Å². The van der Waals surface area contributed by atoms with E-state index in [0.29, 0.717) is 6.04 Å². The van der Waals surface area contributed by atoms with Crippen LogP contribution in [0.15, 0.2) is 10.5 Å². The SMILES string of the molecule is Cc1cc(C(C)N(C)CCCN)c(C)o1. The molecule has 1 rings (SSSR count). The molecular weight excluding hydrogens is 188 g/mol. The summed E-state index contributed by atoms with van der Waals surface area (Å²) in [6.45, 7) is 7.99. The third-order valence-electron chi connectivity index (χ3n) is 2.91. The minimum absolute atomic E-state index is 0.397. The number of hydrogen-bond acceptors (Lipinski definition) is 3. The van der Waals surface area contributed by atoms with E-state index in [-0.39, 0.29) is 0 Å². The van der Waals surface area contributed by atoms with Crippen molar-refractivity contribution in [2.24, 2.45) is 5.73 Å². The normalized spacial score (nSPS) is 13.5.